The highest BCUT2D eigenvalue weighted by Crippen LogP contribution is 2.31. The van der Waals surface area contributed by atoms with Gasteiger partial charge < -0.3 is 18.9 Å². The molecule has 10 heteroatoms. The van der Waals surface area contributed by atoms with Crippen LogP contribution in [0.5, 0.6) is 11.5 Å². The Morgan fingerprint density at radius 1 is 1.00 bits per heavy atom. The first-order valence-corrected chi connectivity index (χ1v) is 15.1. The lowest BCUT2D eigenvalue weighted by molar-refractivity contribution is -0.129. The average molecular weight is 635 g/mol. The predicted octanol–water partition coefficient (Wildman–Crippen LogP) is 6.38. The van der Waals surface area contributed by atoms with Crippen molar-refractivity contribution >= 4 is 55.7 Å². The Hall–Kier alpha value is -3.63. The number of benzene rings is 3. The number of aromatic nitrogens is 4. The number of carbonyl (C=O) groups excluding carboxylic acids is 1. The fourth-order valence-electron chi connectivity index (χ4n) is 4.80. The zero-order chi connectivity index (χ0) is 28.9. The fourth-order valence-corrected chi connectivity index (χ4v) is 5.99. The standard InChI is InChI=1S/C31H32BrN5O3S/c1-5-27(30(38)36(2)17-16-20-12-15-25(39-3)26(18-20)40-4)41-31-33-29-28(34-35-31)23-8-6-7-9-24(23)37(29)19-21-10-13-22(32)14-11-21/h6-15,18,27H,5,16-17,19H2,1-4H3. The predicted molar refractivity (Wildman–Crippen MR) is 167 cm³/mol. The van der Waals surface area contributed by atoms with Crippen LogP contribution >= 0.6 is 27.7 Å². The van der Waals surface area contributed by atoms with E-state index in [0.29, 0.717) is 42.6 Å². The molecular weight excluding hydrogens is 602 g/mol. The number of nitrogens with zero attached hydrogens (tertiary/aromatic N) is 5. The Balaban J connectivity index is 1.35. The third-order valence-electron chi connectivity index (χ3n) is 7.06. The van der Waals surface area contributed by atoms with Gasteiger partial charge in [0.15, 0.2) is 17.1 Å². The number of halogens is 1. The average Bonchev–Trinajstić information content (AvgIpc) is 3.31. The lowest BCUT2D eigenvalue weighted by Gasteiger charge is -2.22. The molecule has 1 amide bonds. The van der Waals surface area contributed by atoms with E-state index in [1.54, 1.807) is 19.1 Å². The highest BCUT2D eigenvalue weighted by Gasteiger charge is 2.24. The van der Waals surface area contributed by atoms with Crippen molar-refractivity contribution in [1.29, 1.82) is 0 Å². The van der Waals surface area contributed by atoms with Crippen molar-refractivity contribution in [2.75, 3.05) is 27.8 Å². The quantitative estimate of drug-likeness (QED) is 0.156. The molecule has 212 valence electrons. The largest absolute Gasteiger partial charge is 0.493 e. The van der Waals surface area contributed by atoms with Gasteiger partial charge in [0.05, 0.1) is 25.0 Å². The molecule has 8 nitrogen and oxygen atoms in total. The van der Waals surface area contributed by atoms with Gasteiger partial charge in [0.25, 0.3) is 0 Å². The molecule has 0 spiro atoms. The van der Waals surface area contributed by atoms with E-state index in [1.165, 1.54) is 11.8 Å². The summed E-state index contributed by atoms with van der Waals surface area (Å²) in [5.74, 6) is 1.40. The number of thioether (sulfide) groups is 1. The molecule has 0 bridgehead atoms. The van der Waals surface area contributed by atoms with Crippen molar-refractivity contribution in [2.24, 2.45) is 0 Å². The van der Waals surface area contributed by atoms with Gasteiger partial charge in [-0.3, -0.25) is 4.79 Å². The van der Waals surface area contributed by atoms with Crippen LogP contribution in [-0.4, -0.2) is 63.6 Å². The number of hydrogen-bond acceptors (Lipinski definition) is 7. The molecule has 5 rings (SSSR count). The first-order valence-electron chi connectivity index (χ1n) is 13.4. The summed E-state index contributed by atoms with van der Waals surface area (Å²) in [6.07, 6.45) is 1.34. The van der Waals surface area contributed by atoms with Crippen LogP contribution in [0.15, 0.2) is 76.4 Å². The van der Waals surface area contributed by atoms with E-state index in [-0.39, 0.29) is 11.2 Å². The fraction of sp³-hybridized carbons (Fsp3) is 0.290. The van der Waals surface area contributed by atoms with Gasteiger partial charge in [-0.1, -0.05) is 71.0 Å². The highest BCUT2D eigenvalue weighted by molar-refractivity contribution is 9.10. The molecule has 0 saturated heterocycles. The summed E-state index contributed by atoms with van der Waals surface area (Å²) in [7, 11) is 5.07. The first-order chi connectivity index (χ1) is 19.9. The number of carbonyl (C=O) groups is 1. The van der Waals surface area contributed by atoms with E-state index in [9.17, 15) is 4.79 Å². The summed E-state index contributed by atoms with van der Waals surface area (Å²) >= 11 is 4.88. The summed E-state index contributed by atoms with van der Waals surface area (Å²) in [4.78, 5) is 20.1. The molecule has 5 aromatic rings. The second kappa shape index (κ2) is 12.9. The van der Waals surface area contributed by atoms with Gasteiger partial charge in [-0.15, -0.1) is 10.2 Å². The van der Waals surface area contributed by atoms with Gasteiger partial charge in [-0.25, -0.2) is 4.98 Å². The van der Waals surface area contributed by atoms with E-state index < -0.39 is 0 Å². The van der Waals surface area contributed by atoms with Crippen molar-refractivity contribution < 1.29 is 14.3 Å². The zero-order valence-electron chi connectivity index (χ0n) is 23.5. The number of amides is 1. The zero-order valence-corrected chi connectivity index (χ0v) is 25.9. The third kappa shape index (κ3) is 6.33. The molecule has 0 aliphatic carbocycles. The van der Waals surface area contributed by atoms with Gasteiger partial charge in [-0.2, -0.15) is 0 Å². The smallest absolute Gasteiger partial charge is 0.235 e. The maximum absolute atomic E-state index is 13.4. The number of fused-ring (bicyclic) bond motifs is 3. The van der Waals surface area contributed by atoms with Gasteiger partial charge in [0.1, 0.15) is 5.52 Å². The molecule has 0 aliphatic rings. The summed E-state index contributed by atoms with van der Waals surface area (Å²) in [6.45, 7) is 3.23. The van der Waals surface area contributed by atoms with Crippen LogP contribution in [0.25, 0.3) is 22.1 Å². The molecule has 0 radical (unpaired) electrons. The number of para-hydroxylation sites is 1. The van der Waals surface area contributed by atoms with Gasteiger partial charge in [0, 0.05) is 30.0 Å². The van der Waals surface area contributed by atoms with Crippen molar-refractivity contribution in [3.05, 3.63) is 82.3 Å². The van der Waals surface area contributed by atoms with Gasteiger partial charge in [0.2, 0.25) is 11.1 Å². The molecule has 0 fully saturated rings. The monoisotopic (exact) mass is 633 g/mol. The molecular formula is C31H32BrN5O3S. The molecule has 0 aliphatic heterocycles. The minimum atomic E-state index is -0.325. The van der Waals surface area contributed by atoms with Crippen molar-refractivity contribution in [3.63, 3.8) is 0 Å². The summed E-state index contributed by atoms with van der Waals surface area (Å²) in [6, 6.07) is 22.2. The van der Waals surface area contributed by atoms with Crippen LogP contribution in [0, 0.1) is 0 Å². The molecule has 0 N–H and O–H groups in total. The van der Waals surface area contributed by atoms with Gasteiger partial charge >= 0.3 is 0 Å². The maximum Gasteiger partial charge on any atom is 0.235 e. The molecule has 1 atom stereocenters. The van der Waals surface area contributed by atoms with Gasteiger partial charge in [-0.05, 0) is 54.3 Å². The van der Waals surface area contributed by atoms with Crippen molar-refractivity contribution in [2.45, 2.75) is 36.7 Å². The topological polar surface area (TPSA) is 82.4 Å². The third-order valence-corrected chi connectivity index (χ3v) is 8.79. The van der Waals surface area contributed by atoms with Crippen LogP contribution < -0.4 is 9.47 Å². The Bertz CT molecular complexity index is 1670. The Morgan fingerprint density at radius 2 is 1.73 bits per heavy atom. The number of methoxy groups -OCH3 is 2. The van der Waals surface area contributed by atoms with E-state index in [1.807, 2.05) is 62.5 Å². The van der Waals surface area contributed by atoms with E-state index in [4.69, 9.17) is 14.5 Å². The molecule has 2 aromatic heterocycles. The van der Waals surface area contributed by atoms with Crippen molar-refractivity contribution in [3.8, 4) is 11.5 Å². The van der Waals surface area contributed by atoms with Crippen LogP contribution in [0.3, 0.4) is 0 Å². The Morgan fingerprint density at radius 3 is 2.46 bits per heavy atom. The normalized spacial score (nSPS) is 12.0. The molecule has 1 unspecified atom stereocenters. The summed E-state index contributed by atoms with van der Waals surface area (Å²) < 4.78 is 14.0. The second-order valence-electron chi connectivity index (χ2n) is 9.71. The van der Waals surface area contributed by atoms with E-state index >= 15 is 0 Å². The van der Waals surface area contributed by atoms with Crippen LogP contribution in [-0.2, 0) is 17.8 Å². The SMILES string of the molecule is CCC(Sc1nnc2c3ccccc3n(Cc3ccc(Br)cc3)c2n1)C(=O)N(C)CCc1ccc(OC)c(OC)c1. The minimum absolute atomic E-state index is 0.0390. The van der Waals surface area contributed by atoms with E-state index in [2.05, 4.69) is 48.9 Å². The molecule has 2 heterocycles. The van der Waals surface area contributed by atoms with Crippen LogP contribution in [0.1, 0.15) is 24.5 Å². The minimum Gasteiger partial charge on any atom is -0.493 e. The summed E-state index contributed by atoms with van der Waals surface area (Å²) in [5, 5.41) is 10.2. The highest BCUT2D eigenvalue weighted by atomic mass is 79.9. The lowest BCUT2D eigenvalue weighted by Crippen LogP contribution is -2.36. The Labute approximate surface area is 252 Å². The Kier molecular flexibility index (Phi) is 9.09. The lowest BCUT2D eigenvalue weighted by atomic mass is 10.1. The molecule has 3 aromatic carbocycles. The van der Waals surface area contributed by atoms with Crippen molar-refractivity contribution in [1.82, 2.24) is 24.6 Å². The summed E-state index contributed by atoms with van der Waals surface area (Å²) in [5.41, 5.74) is 4.79. The first kappa shape index (κ1) is 28.9. The number of ether oxygens (including phenoxy) is 2. The number of likely N-dealkylation sites (N-methyl/N-ethyl adjacent to an activating group) is 1. The van der Waals surface area contributed by atoms with Crippen LogP contribution in [0.2, 0.25) is 0 Å². The maximum atomic E-state index is 13.4. The molecule has 41 heavy (non-hydrogen) atoms. The number of rotatable bonds is 11. The second-order valence-corrected chi connectivity index (χ2v) is 11.8. The van der Waals surface area contributed by atoms with Crippen LogP contribution in [0.4, 0.5) is 0 Å². The molecule has 0 saturated carbocycles. The van der Waals surface area contributed by atoms with E-state index in [0.717, 1.165) is 37.7 Å². The number of hydrogen-bond donors (Lipinski definition) is 0.